The maximum absolute atomic E-state index is 11.7. The van der Waals surface area contributed by atoms with Gasteiger partial charge in [0.25, 0.3) is 5.91 Å². The highest BCUT2D eigenvalue weighted by Gasteiger charge is 2.10. The van der Waals surface area contributed by atoms with E-state index in [9.17, 15) is 4.79 Å². The van der Waals surface area contributed by atoms with Crippen LogP contribution in [0, 0.1) is 6.92 Å². The summed E-state index contributed by atoms with van der Waals surface area (Å²) >= 11 is 0. The molecule has 3 nitrogen and oxygen atoms in total. The first-order valence-corrected chi connectivity index (χ1v) is 4.76. The molecule has 0 atom stereocenters. The van der Waals surface area contributed by atoms with Crippen LogP contribution in [0.3, 0.4) is 0 Å². The van der Waals surface area contributed by atoms with Gasteiger partial charge in [-0.1, -0.05) is 12.1 Å². The molecule has 0 aromatic heterocycles. The molecule has 0 bridgehead atoms. The maximum Gasteiger partial charge on any atom is 0.255 e. The van der Waals surface area contributed by atoms with Gasteiger partial charge in [0.05, 0.1) is 7.11 Å². The minimum atomic E-state index is -0.121. The second-order valence-corrected chi connectivity index (χ2v) is 3.11. The van der Waals surface area contributed by atoms with E-state index in [1.54, 1.807) is 31.5 Å². The zero-order valence-electron chi connectivity index (χ0n) is 9.20. The molecule has 0 aliphatic heterocycles. The van der Waals surface area contributed by atoms with E-state index in [1.807, 2.05) is 19.9 Å². The summed E-state index contributed by atoms with van der Waals surface area (Å²) in [5.74, 6) is 0.604. The predicted molar refractivity (Wildman–Crippen MR) is 60.0 cm³/mol. The Morgan fingerprint density at radius 3 is 2.80 bits per heavy atom. The fraction of sp³-hybridized carbons (Fsp3) is 0.250. The second kappa shape index (κ2) is 5.20. The number of carbonyl (C=O) groups excluding carboxylic acids is 1. The van der Waals surface area contributed by atoms with Gasteiger partial charge in [-0.3, -0.25) is 4.79 Å². The van der Waals surface area contributed by atoms with E-state index in [4.69, 9.17) is 4.74 Å². The van der Waals surface area contributed by atoms with E-state index in [0.717, 1.165) is 11.3 Å². The Kier molecular flexibility index (Phi) is 3.92. The van der Waals surface area contributed by atoms with Crippen LogP contribution in [-0.4, -0.2) is 13.0 Å². The number of amides is 1. The van der Waals surface area contributed by atoms with Crippen molar-refractivity contribution in [2.75, 3.05) is 7.11 Å². The first kappa shape index (κ1) is 11.3. The molecule has 0 fully saturated rings. The van der Waals surface area contributed by atoms with Gasteiger partial charge in [0.1, 0.15) is 5.75 Å². The minimum absolute atomic E-state index is 0.121. The normalized spacial score (nSPS) is 10.3. The summed E-state index contributed by atoms with van der Waals surface area (Å²) < 4.78 is 5.14. The summed E-state index contributed by atoms with van der Waals surface area (Å²) in [7, 11) is 1.59. The number of benzene rings is 1. The molecule has 0 heterocycles. The number of allylic oxidation sites excluding steroid dienone is 1. The highest BCUT2D eigenvalue weighted by molar-refractivity contribution is 5.96. The Labute approximate surface area is 89.8 Å². The zero-order chi connectivity index (χ0) is 11.3. The molecule has 15 heavy (non-hydrogen) atoms. The summed E-state index contributed by atoms with van der Waals surface area (Å²) in [5.41, 5.74) is 1.48. The van der Waals surface area contributed by atoms with Crippen molar-refractivity contribution >= 4 is 5.91 Å². The molecule has 0 spiro atoms. The zero-order valence-corrected chi connectivity index (χ0v) is 9.20. The van der Waals surface area contributed by atoms with Gasteiger partial charge in [-0.2, -0.15) is 0 Å². The molecule has 3 heteroatoms. The molecule has 0 aliphatic rings. The van der Waals surface area contributed by atoms with E-state index in [2.05, 4.69) is 5.32 Å². The smallest absolute Gasteiger partial charge is 0.255 e. The summed E-state index contributed by atoms with van der Waals surface area (Å²) in [4.78, 5) is 11.7. The SMILES string of the molecule is CC=CNC(=O)c1cccc(OC)c1C. The average molecular weight is 205 g/mol. The van der Waals surface area contributed by atoms with Crippen LogP contribution in [0.2, 0.25) is 0 Å². The van der Waals surface area contributed by atoms with Gasteiger partial charge >= 0.3 is 0 Å². The third kappa shape index (κ3) is 2.59. The number of carbonyl (C=O) groups is 1. The second-order valence-electron chi connectivity index (χ2n) is 3.11. The third-order valence-corrected chi connectivity index (χ3v) is 2.13. The quantitative estimate of drug-likeness (QED) is 0.822. The van der Waals surface area contributed by atoms with Crippen LogP contribution in [0.5, 0.6) is 5.75 Å². The van der Waals surface area contributed by atoms with Crippen LogP contribution < -0.4 is 10.1 Å². The molecule has 1 amide bonds. The van der Waals surface area contributed by atoms with Gasteiger partial charge < -0.3 is 10.1 Å². The fourth-order valence-electron chi connectivity index (χ4n) is 1.32. The lowest BCUT2D eigenvalue weighted by Crippen LogP contribution is -2.18. The Bertz CT molecular complexity index is 383. The molecule has 1 rings (SSSR count). The van der Waals surface area contributed by atoms with E-state index in [-0.39, 0.29) is 5.91 Å². The predicted octanol–water partition coefficient (Wildman–Crippen LogP) is 2.27. The molecule has 1 aromatic carbocycles. The molecule has 80 valence electrons. The van der Waals surface area contributed by atoms with E-state index in [0.29, 0.717) is 5.56 Å². The number of ether oxygens (including phenoxy) is 1. The van der Waals surface area contributed by atoms with Crippen LogP contribution in [-0.2, 0) is 0 Å². The number of nitrogens with one attached hydrogen (secondary N) is 1. The van der Waals surface area contributed by atoms with Gasteiger partial charge in [-0.05, 0) is 32.2 Å². The molecule has 0 saturated carbocycles. The lowest BCUT2D eigenvalue weighted by Gasteiger charge is -2.08. The molecule has 0 radical (unpaired) electrons. The Hall–Kier alpha value is -1.77. The highest BCUT2D eigenvalue weighted by Crippen LogP contribution is 2.20. The topological polar surface area (TPSA) is 38.3 Å². The van der Waals surface area contributed by atoms with Crippen LogP contribution in [0.4, 0.5) is 0 Å². The standard InChI is InChI=1S/C12H15NO2/c1-4-8-13-12(14)10-6-5-7-11(15-3)9(10)2/h4-8H,1-3H3,(H,13,14). The number of hydrogen-bond donors (Lipinski definition) is 1. The molecule has 0 aliphatic carbocycles. The third-order valence-electron chi connectivity index (χ3n) is 2.13. The molecular weight excluding hydrogens is 190 g/mol. The molecule has 0 unspecified atom stereocenters. The van der Waals surface area contributed by atoms with Crippen molar-refractivity contribution in [1.29, 1.82) is 0 Å². The van der Waals surface area contributed by atoms with Crippen LogP contribution in [0.15, 0.2) is 30.5 Å². The summed E-state index contributed by atoms with van der Waals surface area (Å²) in [6.07, 6.45) is 3.38. The van der Waals surface area contributed by atoms with Gasteiger partial charge in [-0.25, -0.2) is 0 Å². The lowest BCUT2D eigenvalue weighted by molar-refractivity contribution is 0.0969. The van der Waals surface area contributed by atoms with Crippen molar-refractivity contribution in [2.45, 2.75) is 13.8 Å². The van der Waals surface area contributed by atoms with Crippen molar-refractivity contribution in [3.8, 4) is 5.75 Å². The summed E-state index contributed by atoms with van der Waals surface area (Å²) in [6.45, 7) is 3.71. The fourth-order valence-corrected chi connectivity index (χ4v) is 1.32. The monoisotopic (exact) mass is 205 g/mol. The van der Waals surface area contributed by atoms with Crippen LogP contribution in [0.25, 0.3) is 0 Å². The number of rotatable bonds is 3. The lowest BCUT2D eigenvalue weighted by atomic mass is 10.1. The van der Waals surface area contributed by atoms with Crippen molar-refractivity contribution in [1.82, 2.24) is 5.32 Å². The highest BCUT2D eigenvalue weighted by atomic mass is 16.5. The minimum Gasteiger partial charge on any atom is -0.496 e. The van der Waals surface area contributed by atoms with E-state index >= 15 is 0 Å². The summed E-state index contributed by atoms with van der Waals surface area (Å²) in [6, 6.07) is 5.41. The number of hydrogen-bond acceptors (Lipinski definition) is 2. The van der Waals surface area contributed by atoms with Gasteiger partial charge in [-0.15, -0.1) is 0 Å². The van der Waals surface area contributed by atoms with Crippen LogP contribution in [0.1, 0.15) is 22.8 Å². The largest absolute Gasteiger partial charge is 0.496 e. The molecule has 1 N–H and O–H groups in total. The molecule has 0 saturated heterocycles. The maximum atomic E-state index is 11.7. The van der Waals surface area contributed by atoms with Crippen LogP contribution >= 0.6 is 0 Å². The average Bonchev–Trinajstić information content (AvgIpc) is 2.26. The van der Waals surface area contributed by atoms with E-state index in [1.165, 1.54) is 0 Å². The Balaban J connectivity index is 2.98. The van der Waals surface area contributed by atoms with Gasteiger partial charge in [0.2, 0.25) is 0 Å². The molecule has 1 aromatic rings. The summed E-state index contributed by atoms with van der Waals surface area (Å²) in [5, 5.41) is 2.67. The van der Waals surface area contributed by atoms with Crippen molar-refractivity contribution in [3.63, 3.8) is 0 Å². The Morgan fingerprint density at radius 1 is 1.47 bits per heavy atom. The van der Waals surface area contributed by atoms with E-state index < -0.39 is 0 Å². The first-order valence-electron chi connectivity index (χ1n) is 4.76. The Morgan fingerprint density at radius 2 is 2.20 bits per heavy atom. The molecular formula is C12H15NO2. The van der Waals surface area contributed by atoms with Crippen molar-refractivity contribution in [2.24, 2.45) is 0 Å². The van der Waals surface area contributed by atoms with Gasteiger partial charge in [0, 0.05) is 11.1 Å². The number of methoxy groups -OCH3 is 1. The first-order chi connectivity index (χ1) is 7.20. The van der Waals surface area contributed by atoms with Crippen molar-refractivity contribution in [3.05, 3.63) is 41.6 Å². The van der Waals surface area contributed by atoms with Crippen molar-refractivity contribution < 1.29 is 9.53 Å². The van der Waals surface area contributed by atoms with Gasteiger partial charge in [0.15, 0.2) is 0 Å².